The number of hydrogen-bond acceptors (Lipinski definition) is 9. The fraction of sp³-hybridized carbons (Fsp3) is 0.270. The number of unbranched alkanes of at least 4 members (excludes halogenated alkanes) is 7. The molecule has 0 saturated carbocycles. The van der Waals surface area contributed by atoms with Gasteiger partial charge >= 0.3 is 5.97 Å². The Balaban J connectivity index is 1.02. The summed E-state index contributed by atoms with van der Waals surface area (Å²) in [7, 11) is 0. The maximum atomic E-state index is 13.0. The van der Waals surface area contributed by atoms with Crippen LogP contribution in [0.4, 0.5) is 0 Å². The maximum absolute atomic E-state index is 13.0. The van der Waals surface area contributed by atoms with Crippen molar-refractivity contribution in [2.24, 2.45) is 0 Å². The molecule has 0 radical (unpaired) electrons. The Morgan fingerprint density at radius 3 is 0.973 bits per heavy atom. The molecule has 0 aliphatic carbocycles. The van der Waals surface area contributed by atoms with Crippen LogP contribution in [0.25, 0.3) is 0 Å². The number of carbonyl (C=O) groups is 2. The van der Waals surface area contributed by atoms with Crippen molar-refractivity contribution in [3.05, 3.63) is 228 Å². The lowest BCUT2D eigenvalue weighted by atomic mass is 10.1. The van der Waals surface area contributed by atoms with Gasteiger partial charge < -0.3 is 38.5 Å². The van der Waals surface area contributed by atoms with E-state index in [1.807, 2.05) is 176 Å². The number of amides is 1. The third-order valence-electron chi connectivity index (χ3n) is 11.8. The lowest BCUT2D eigenvalue weighted by Crippen LogP contribution is -2.21. The summed E-state index contributed by atoms with van der Waals surface area (Å²) in [5.41, 5.74) is 6.62. The molecule has 0 aliphatic rings. The zero-order chi connectivity index (χ0) is 50.6. The van der Waals surface area contributed by atoms with Crippen LogP contribution >= 0.6 is 0 Å². The van der Waals surface area contributed by atoms with Crippen LogP contribution in [-0.2, 0) is 60.6 Å². The molecule has 0 heterocycles. The first kappa shape index (κ1) is 52.8. The summed E-state index contributed by atoms with van der Waals surface area (Å²) in [6.45, 7) is 6.20. The van der Waals surface area contributed by atoms with Crippen LogP contribution < -0.4 is 33.7 Å². The molecule has 0 saturated heterocycles. The zero-order valence-electron chi connectivity index (χ0n) is 41.7. The van der Waals surface area contributed by atoms with Crippen molar-refractivity contribution in [1.82, 2.24) is 5.32 Å². The molecule has 0 atom stereocenters. The third-order valence-corrected chi connectivity index (χ3v) is 11.8. The van der Waals surface area contributed by atoms with Crippen molar-refractivity contribution in [2.75, 3.05) is 6.54 Å². The highest BCUT2D eigenvalue weighted by molar-refractivity contribution is 5.86. The minimum Gasteiger partial charge on any atom is -0.489 e. The van der Waals surface area contributed by atoms with Gasteiger partial charge in [-0.3, -0.25) is 9.59 Å². The molecule has 1 amide bonds. The Kier molecular flexibility index (Phi) is 21.7. The quantitative estimate of drug-likeness (QED) is 0.0250. The summed E-state index contributed by atoms with van der Waals surface area (Å²) in [5.74, 6) is 3.33. The standard InChI is InChI=1S/C63H67NO9/c1-2-62(65)64-32-22-8-6-4-3-5-7-21-31-63(66)73-48-55-37-60(71-46-53-33-56(67-42-49-23-13-9-14-24-49)39-57(34-53)68-43-50-25-15-10-16-26-50)41-61(38-55)72-47-54-35-58(69-44-51-27-17-11-18-28-51)40-59(36-54)70-45-52-29-19-12-20-30-52/h2,9-20,23-30,33-41H,1,3-8,21-22,31-32,42-48H2,(H,64,65). The van der Waals surface area contributed by atoms with Gasteiger partial charge in [-0.05, 0) is 94.3 Å². The van der Waals surface area contributed by atoms with Crippen molar-refractivity contribution in [3.63, 3.8) is 0 Å². The number of nitrogens with one attached hydrogen (secondary N) is 1. The summed E-state index contributed by atoms with van der Waals surface area (Å²) in [6, 6.07) is 57.4. The summed E-state index contributed by atoms with van der Waals surface area (Å²) < 4.78 is 44.0. The number of ether oxygens (including phenoxy) is 7. The molecule has 378 valence electrons. The molecule has 0 bridgehead atoms. The highest BCUT2D eigenvalue weighted by atomic mass is 16.5. The maximum Gasteiger partial charge on any atom is 0.306 e. The van der Waals surface area contributed by atoms with E-state index in [9.17, 15) is 9.59 Å². The number of carbonyl (C=O) groups excluding carboxylic acids is 2. The molecule has 0 aromatic heterocycles. The second-order valence-corrected chi connectivity index (χ2v) is 17.8. The van der Waals surface area contributed by atoms with Gasteiger partial charge in [-0.2, -0.15) is 0 Å². The van der Waals surface area contributed by atoms with Gasteiger partial charge in [0.2, 0.25) is 5.91 Å². The van der Waals surface area contributed by atoms with E-state index in [1.54, 1.807) is 0 Å². The van der Waals surface area contributed by atoms with E-state index < -0.39 is 0 Å². The minimum atomic E-state index is -0.249. The molecule has 7 aromatic rings. The van der Waals surface area contributed by atoms with E-state index in [0.717, 1.165) is 90.3 Å². The van der Waals surface area contributed by atoms with Crippen molar-refractivity contribution in [2.45, 2.75) is 104 Å². The smallest absolute Gasteiger partial charge is 0.306 e. The highest BCUT2D eigenvalue weighted by Gasteiger charge is 2.13. The second kappa shape index (κ2) is 30.0. The van der Waals surface area contributed by atoms with Crippen LogP contribution in [0.2, 0.25) is 0 Å². The van der Waals surface area contributed by atoms with Gasteiger partial charge in [-0.25, -0.2) is 0 Å². The van der Waals surface area contributed by atoms with Crippen LogP contribution in [0.15, 0.2) is 189 Å². The first-order valence-corrected chi connectivity index (χ1v) is 25.3. The Morgan fingerprint density at radius 2 is 0.644 bits per heavy atom. The highest BCUT2D eigenvalue weighted by Crippen LogP contribution is 2.31. The predicted molar refractivity (Wildman–Crippen MR) is 286 cm³/mol. The molecule has 1 N–H and O–H groups in total. The Hall–Kier alpha value is -7.98. The van der Waals surface area contributed by atoms with E-state index >= 15 is 0 Å². The van der Waals surface area contributed by atoms with Gasteiger partial charge in [0, 0.05) is 31.2 Å². The fourth-order valence-corrected chi connectivity index (χ4v) is 7.91. The van der Waals surface area contributed by atoms with Crippen molar-refractivity contribution in [1.29, 1.82) is 0 Å². The Labute approximate surface area is 430 Å². The average molecular weight is 982 g/mol. The average Bonchev–Trinajstić information content (AvgIpc) is 3.43. The van der Waals surface area contributed by atoms with Gasteiger partial charge in [-0.15, -0.1) is 0 Å². The summed E-state index contributed by atoms with van der Waals surface area (Å²) in [4.78, 5) is 24.4. The van der Waals surface area contributed by atoms with Crippen molar-refractivity contribution < 1.29 is 42.7 Å². The molecule has 0 aliphatic heterocycles. The molecule has 0 unspecified atom stereocenters. The molecule has 10 heteroatoms. The topological polar surface area (TPSA) is 111 Å². The normalized spacial score (nSPS) is 10.7. The van der Waals surface area contributed by atoms with E-state index in [4.69, 9.17) is 33.2 Å². The monoisotopic (exact) mass is 981 g/mol. The third kappa shape index (κ3) is 20.0. The van der Waals surface area contributed by atoms with Gasteiger partial charge in [0.05, 0.1) is 0 Å². The Morgan fingerprint density at radius 1 is 0.356 bits per heavy atom. The Bertz CT molecular complexity index is 2450. The fourth-order valence-electron chi connectivity index (χ4n) is 7.91. The molecular weight excluding hydrogens is 915 g/mol. The number of esters is 1. The van der Waals surface area contributed by atoms with E-state index in [0.29, 0.717) is 73.9 Å². The van der Waals surface area contributed by atoms with Gasteiger partial charge in [0.15, 0.2) is 0 Å². The molecule has 10 nitrogen and oxygen atoms in total. The van der Waals surface area contributed by atoms with Crippen molar-refractivity contribution in [3.8, 4) is 34.5 Å². The van der Waals surface area contributed by atoms with Crippen LogP contribution in [-0.4, -0.2) is 18.4 Å². The first-order valence-electron chi connectivity index (χ1n) is 25.3. The van der Waals surface area contributed by atoms with Crippen LogP contribution in [0.1, 0.15) is 96.7 Å². The molecule has 73 heavy (non-hydrogen) atoms. The van der Waals surface area contributed by atoms with Gasteiger partial charge in [-0.1, -0.05) is 166 Å². The number of rotatable bonds is 32. The lowest BCUT2D eigenvalue weighted by Gasteiger charge is -2.16. The molecular formula is C63H67NO9. The minimum absolute atomic E-state index is 0.0558. The predicted octanol–water partition coefficient (Wildman–Crippen LogP) is 14.0. The van der Waals surface area contributed by atoms with E-state index in [1.165, 1.54) is 6.08 Å². The summed E-state index contributed by atoms with van der Waals surface area (Å²) in [6.07, 6.45) is 9.84. The van der Waals surface area contributed by atoms with Gasteiger partial charge in [0.1, 0.15) is 80.7 Å². The van der Waals surface area contributed by atoms with Crippen LogP contribution in [0, 0.1) is 0 Å². The molecule has 7 aromatic carbocycles. The summed E-state index contributed by atoms with van der Waals surface area (Å²) >= 11 is 0. The van der Waals surface area contributed by atoms with Crippen LogP contribution in [0.3, 0.4) is 0 Å². The number of hydrogen-bond donors (Lipinski definition) is 1. The largest absolute Gasteiger partial charge is 0.489 e. The zero-order valence-corrected chi connectivity index (χ0v) is 41.7. The van der Waals surface area contributed by atoms with E-state index in [-0.39, 0.29) is 31.7 Å². The molecule has 0 spiro atoms. The number of benzene rings is 7. The van der Waals surface area contributed by atoms with Gasteiger partial charge in [0.25, 0.3) is 0 Å². The SMILES string of the molecule is C=CC(=O)NCCCCCCCCCCC(=O)OCc1cc(OCc2cc(OCc3ccccc3)cc(OCc3ccccc3)c2)cc(OCc2cc(OCc3ccccc3)cc(OCc3ccccc3)c2)c1. The second-order valence-electron chi connectivity index (χ2n) is 17.8. The molecule has 0 fully saturated rings. The first-order chi connectivity index (χ1) is 35.9. The van der Waals surface area contributed by atoms with E-state index in [2.05, 4.69) is 11.9 Å². The van der Waals surface area contributed by atoms with Crippen molar-refractivity contribution >= 4 is 11.9 Å². The molecule has 7 rings (SSSR count). The van der Waals surface area contributed by atoms with Crippen LogP contribution in [0.5, 0.6) is 34.5 Å². The lowest BCUT2D eigenvalue weighted by molar-refractivity contribution is -0.145. The summed E-state index contributed by atoms with van der Waals surface area (Å²) in [5, 5.41) is 2.82.